The van der Waals surface area contributed by atoms with Crippen molar-refractivity contribution in [1.82, 2.24) is 4.98 Å². The monoisotopic (exact) mass is 326 g/mol. The van der Waals surface area contributed by atoms with Gasteiger partial charge >= 0.3 is 0 Å². The number of benzene rings is 1. The Balaban J connectivity index is 1.82. The molecule has 3 rings (SSSR count). The van der Waals surface area contributed by atoms with E-state index < -0.39 is 0 Å². The summed E-state index contributed by atoms with van der Waals surface area (Å²) in [7, 11) is 1.79. The van der Waals surface area contributed by atoms with Crippen LogP contribution in [0.25, 0.3) is 10.2 Å². The highest BCUT2D eigenvalue weighted by Gasteiger charge is 2.27. The normalized spacial score (nSPS) is 23.7. The third-order valence-corrected chi connectivity index (χ3v) is 4.87. The molecule has 1 aliphatic carbocycles. The Bertz CT molecular complexity index is 557. The van der Waals surface area contributed by atoms with Gasteiger partial charge in [-0.3, -0.25) is 0 Å². The van der Waals surface area contributed by atoms with Crippen LogP contribution in [0.3, 0.4) is 0 Å². The lowest BCUT2D eigenvalue weighted by Gasteiger charge is -2.18. The molecule has 0 bridgehead atoms. The first kappa shape index (κ1) is 12.4. The maximum Gasteiger partial charge on any atom is 0.184 e. The highest BCUT2D eigenvalue weighted by molar-refractivity contribution is 9.10. The first-order valence-corrected chi connectivity index (χ1v) is 7.72. The van der Waals surface area contributed by atoms with Gasteiger partial charge in [0.1, 0.15) is 0 Å². The van der Waals surface area contributed by atoms with Crippen molar-refractivity contribution >= 4 is 42.6 Å². The minimum Gasteiger partial charge on any atom is -0.379 e. The van der Waals surface area contributed by atoms with Crippen LogP contribution >= 0.6 is 27.3 Å². The second-order valence-electron chi connectivity index (χ2n) is 4.59. The van der Waals surface area contributed by atoms with E-state index in [2.05, 4.69) is 44.4 Å². The summed E-state index contributed by atoms with van der Waals surface area (Å²) in [5, 5.41) is 4.52. The molecule has 18 heavy (non-hydrogen) atoms. The topological polar surface area (TPSA) is 34.1 Å². The third kappa shape index (κ3) is 2.39. The Hall–Kier alpha value is -0.650. The molecule has 2 atom stereocenters. The Labute approximate surface area is 119 Å². The summed E-state index contributed by atoms with van der Waals surface area (Å²) in [6.45, 7) is 0. The number of aromatic nitrogens is 1. The second kappa shape index (κ2) is 5.15. The average molecular weight is 327 g/mol. The number of fused-ring (bicyclic) bond motifs is 1. The number of rotatable bonds is 3. The van der Waals surface area contributed by atoms with Gasteiger partial charge in [0.2, 0.25) is 0 Å². The van der Waals surface area contributed by atoms with Gasteiger partial charge in [0.25, 0.3) is 0 Å². The molecule has 0 spiro atoms. The first-order valence-electron chi connectivity index (χ1n) is 6.11. The summed E-state index contributed by atoms with van der Waals surface area (Å²) in [5.41, 5.74) is 1.05. The molecule has 1 aromatic carbocycles. The van der Waals surface area contributed by atoms with Gasteiger partial charge in [-0.15, -0.1) is 0 Å². The summed E-state index contributed by atoms with van der Waals surface area (Å²) in [5.74, 6) is 0. The molecule has 0 radical (unpaired) electrons. The largest absolute Gasteiger partial charge is 0.379 e. The van der Waals surface area contributed by atoms with E-state index in [0.29, 0.717) is 12.1 Å². The SMILES string of the molecule is COC1CCCC1Nc1nc2cc(Br)ccc2s1. The molecule has 2 unspecified atom stereocenters. The summed E-state index contributed by atoms with van der Waals surface area (Å²) < 4.78 is 7.78. The highest BCUT2D eigenvalue weighted by Crippen LogP contribution is 2.31. The minimum atomic E-state index is 0.323. The van der Waals surface area contributed by atoms with E-state index in [9.17, 15) is 0 Å². The second-order valence-corrected chi connectivity index (χ2v) is 6.53. The number of hydrogen-bond donors (Lipinski definition) is 1. The van der Waals surface area contributed by atoms with Crippen molar-refractivity contribution in [2.45, 2.75) is 31.4 Å². The van der Waals surface area contributed by atoms with Crippen molar-refractivity contribution in [2.24, 2.45) is 0 Å². The number of halogens is 1. The number of nitrogens with one attached hydrogen (secondary N) is 1. The number of hydrogen-bond acceptors (Lipinski definition) is 4. The number of anilines is 1. The Kier molecular flexibility index (Phi) is 3.54. The minimum absolute atomic E-state index is 0.323. The molecule has 0 saturated heterocycles. The molecule has 1 heterocycles. The highest BCUT2D eigenvalue weighted by atomic mass is 79.9. The van der Waals surface area contributed by atoms with E-state index in [1.165, 1.54) is 11.1 Å². The molecule has 2 aromatic rings. The summed E-state index contributed by atoms with van der Waals surface area (Å²) in [4.78, 5) is 4.63. The lowest BCUT2D eigenvalue weighted by Crippen LogP contribution is -2.29. The van der Waals surface area contributed by atoms with E-state index in [1.807, 2.05) is 0 Å². The van der Waals surface area contributed by atoms with Gasteiger partial charge in [-0.25, -0.2) is 4.98 Å². The van der Waals surface area contributed by atoms with Gasteiger partial charge in [0, 0.05) is 11.6 Å². The van der Waals surface area contributed by atoms with Crippen LogP contribution in [-0.2, 0) is 4.74 Å². The van der Waals surface area contributed by atoms with Crippen molar-refractivity contribution in [1.29, 1.82) is 0 Å². The van der Waals surface area contributed by atoms with Gasteiger partial charge in [-0.05, 0) is 37.5 Å². The molecule has 1 saturated carbocycles. The quantitative estimate of drug-likeness (QED) is 0.924. The zero-order chi connectivity index (χ0) is 12.5. The van der Waals surface area contributed by atoms with E-state index in [4.69, 9.17) is 4.74 Å². The smallest absolute Gasteiger partial charge is 0.184 e. The molecule has 1 aliphatic rings. The average Bonchev–Trinajstić information content (AvgIpc) is 2.94. The van der Waals surface area contributed by atoms with Crippen molar-refractivity contribution in [2.75, 3.05) is 12.4 Å². The van der Waals surface area contributed by atoms with E-state index in [-0.39, 0.29) is 0 Å². The van der Waals surface area contributed by atoms with Gasteiger partial charge in [-0.2, -0.15) is 0 Å². The first-order chi connectivity index (χ1) is 8.76. The standard InChI is InChI=1S/C13H15BrN2OS/c1-17-11-4-2-3-9(11)15-13-16-10-7-8(14)5-6-12(10)18-13/h5-7,9,11H,2-4H2,1H3,(H,15,16). The van der Waals surface area contributed by atoms with Crippen LogP contribution in [0.5, 0.6) is 0 Å². The molecular weight excluding hydrogens is 312 g/mol. The number of nitrogens with zero attached hydrogens (tertiary/aromatic N) is 1. The lowest BCUT2D eigenvalue weighted by molar-refractivity contribution is 0.101. The fourth-order valence-corrected chi connectivity index (χ4v) is 3.75. The third-order valence-electron chi connectivity index (χ3n) is 3.41. The van der Waals surface area contributed by atoms with Crippen LogP contribution in [-0.4, -0.2) is 24.2 Å². The predicted octanol–water partition coefficient (Wildman–Crippen LogP) is 4.04. The van der Waals surface area contributed by atoms with Gasteiger partial charge in [0.15, 0.2) is 5.13 Å². The van der Waals surface area contributed by atoms with Crippen LogP contribution in [0.2, 0.25) is 0 Å². The van der Waals surface area contributed by atoms with Gasteiger partial charge in [-0.1, -0.05) is 27.3 Å². The van der Waals surface area contributed by atoms with E-state index in [1.54, 1.807) is 18.4 Å². The summed E-state index contributed by atoms with van der Waals surface area (Å²) >= 11 is 5.18. The van der Waals surface area contributed by atoms with Crippen LogP contribution in [0, 0.1) is 0 Å². The molecular formula is C13H15BrN2OS. The van der Waals surface area contributed by atoms with E-state index in [0.717, 1.165) is 28.0 Å². The Morgan fingerprint density at radius 2 is 2.33 bits per heavy atom. The van der Waals surface area contributed by atoms with Crippen LogP contribution in [0.1, 0.15) is 19.3 Å². The Morgan fingerprint density at radius 1 is 1.44 bits per heavy atom. The number of thiazole rings is 1. The molecule has 1 fully saturated rings. The maximum absolute atomic E-state index is 5.50. The summed E-state index contributed by atoms with van der Waals surface area (Å²) in [6, 6.07) is 6.61. The van der Waals surface area contributed by atoms with Crippen molar-refractivity contribution in [3.8, 4) is 0 Å². The lowest BCUT2D eigenvalue weighted by atomic mass is 10.2. The molecule has 96 valence electrons. The molecule has 5 heteroatoms. The van der Waals surface area contributed by atoms with Gasteiger partial charge < -0.3 is 10.1 Å². The fraction of sp³-hybridized carbons (Fsp3) is 0.462. The molecule has 1 aromatic heterocycles. The molecule has 3 nitrogen and oxygen atoms in total. The van der Waals surface area contributed by atoms with Crippen LogP contribution in [0.4, 0.5) is 5.13 Å². The summed E-state index contributed by atoms with van der Waals surface area (Å²) in [6.07, 6.45) is 3.86. The van der Waals surface area contributed by atoms with Crippen molar-refractivity contribution in [3.63, 3.8) is 0 Å². The zero-order valence-corrected chi connectivity index (χ0v) is 12.6. The molecule has 0 amide bonds. The van der Waals surface area contributed by atoms with Crippen LogP contribution in [0.15, 0.2) is 22.7 Å². The zero-order valence-electron chi connectivity index (χ0n) is 10.1. The Morgan fingerprint density at radius 3 is 3.17 bits per heavy atom. The molecule has 0 aliphatic heterocycles. The fourth-order valence-electron chi connectivity index (χ4n) is 2.49. The van der Waals surface area contributed by atoms with Crippen molar-refractivity contribution in [3.05, 3.63) is 22.7 Å². The van der Waals surface area contributed by atoms with Crippen LogP contribution < -0.4 is 5.32 Å². The predicted molar refractivity (Wildman–Crippen MR) is 79.4 cm³/mol. The number of methoxy groups -OCH3 is 1. The maximum atomic E-state index is 5.50. The number of ether oxygens (including phenoxy) is 1. The van der Waals surface area contributed by atoms with Gasteiger partial charge in [0.05, 0.1) is 22.4 Å². The van der Waals surface area contributed by atoms with Crippen molar-refractivity contribution < 1.29 is 4.74 Å². The van der Waals surface area contributed by atoms with E-state index >= 15 is 0 Å². The molecule has 1 N–H and O–H groups in total.